The minimum Gasteiger partial charge on any atom is -0.474 e. The molecule has 168 valence electrons. The number of hydrogen-bond acceptors (Lipinski definition) is 6. The number of nitrogens with zero attached hydrogens (tertiary/aromatic N) is 1. The Balaban J connectivity index is 1.83. The van der Waals surface area contributed by atoms with Gasteiger partial charge in [0.15, 0.2) is 0 Å². The zero-order valence-corrected chi connectivity index (χ0v) is 18.3. The number of sulfonamides is 1. The lowest BCUT2D eigenvalue weighted by molar-refractivity contribution is 0.102. The predicted molar refractivity (Wildman–Crippen MR) is 118 cm³/mol. The average Bonchev–Trinajstić information content (AvgIpc) is 2.76. The number of rotatable bonds is 9. The zero-order valence-electron chi connectivity index (χ0n) is 17.5. The first-order valence-corrected chi connectivity index (χ1v) is 11.1. The molecule has 0 unspecified atom stereocenters. The Hall–Kier alpha value is -3.50. The number of aromatic nitrogens is 1. The fourth-order valence-corrected chi connectivity index (χ4v) is 3.84. The summed E-state index contributed by atoms with van der Waals surface area (Å²) in [6, 6.07) is 12.4. The minimum absolute atomic E-state index is 0.111. The first-order chi connectivity index (χ1) is 15.3. The molecule has 3 aromatic rings. The monoisotopic (exact) mass is 459 g/mol. The lowest BCUT2D eigenvalue weighted by Gasteiger charge is -2.13. The van der Waals surface area contributed by atoms with Gasteiger partial charge in [0.1, 0.15) is 18.1 Å². The Bertz CT molecular complexity index is 1200. The molecule has 0 aliphatic carbocycles. The maximum Gasteiger partial charge on any atom is 0.261 e. The number of aryl methyl sites for hydroxylation is 1. The number of anilines is 2. The summed E-state index contributed by atoms with van der Waals surface area (Å²) in [4.78, 5) is 16.9. The lowest BCUT2D eigenvalue weighted by atomic mass is 10.1. The first kappa shape index (κ1) is 23.2. The standard InChI is InChI=1S/C22H22FN3O5S/c1-15-5-10-18(32(28,29)26-17-8-6-16(23)7-9-17)14-19(15)21(27)25-20-4-3-11-24-22(20)31-13-12-30-2/h3-11,14,26H,12-13H2,1-2H3,(H,25,27). The third-order valence-corrected chi connectivity index (χ3v) is 5.78. The van der Waals surface area contributed by atoms with Crippen LogP contribution in [0.15, 0.2) is 65.7 Å². The molecule has 1 heterocycles. The lowest BCUT2D eigenvalue weighted by Crippen LogP contribution is -2.18. The van der Waals surface area contributed by atoms with Gasteiger partial charge in [-0.05, 0) is 61.0 Å². The molecule has 0 saturated carbocycles. The number of carbonyl (C=O) groups excluding carboxylic acids is 1. The summed E-state index contributed by atoms with van der Waals surface area (Å²) in [5.74, 6) is -0.786. The van der Waals surface area contributed by atoms with Gasteiger partial charge in [-0.1, -0.05) is 6.07 Å². The van der Waals surface area contributed by atoms with Crippen molar-refractivity contribution < 1.29 is 27.1 Å². The Morgan fingerprint density at radius 3 is 2.56 bits per heavy atom. The quantitative estimate of drug-likeness (QED) is 0.474. The normalized spacial score (nSPS) is 11.1. The maximum absolute atomic E-state index is 13.1. The van der Waals surface area contributed by atoms with E-state index in [1.807, 2.05) is 0 Å². The van der Waals surface area contributed by atoms with Gasteiger partial charge in [-0.15, -0.1) is 0 Å². The van der Waals surface area contributed by atoms with Crippen molar-refractivity contribution in [3.8, 4) is 5.88 Å². The number of carbonyl (C=O) groups is 1. The second-order valence-electron chi connectivity index (χ2n) is 6.74. The highest BCUT2D eigenvalue weighted by Gasteiger charge is 2.19. The summed E-state index contributed by atoms with van der Waals surface area (Å²) < 4.78 is 51.4. The Morgan fingerprint density at radius 2 is 1.84 bits per heavy atom. The molecule has 32 heavy (non-hydrogen) atoms. The van der Waals surface area contributed by atoms with Gasteiger partial charge in [0.25, 0.3) is 15.9 Å². The van der Waals surface area contributed by atoms with Crippen LogP contribution in [0.3, 0.4) is 0 Å². The van der Waals surface area contributed by atoms with E-state index in [1.165, 1.54) is 36.5 Å². The summed E-state index contributed by atoms with van der Waals surface area (Å²) in [6.07, 6.45) is 1.53. The van der Waals surface area contributed by atoms with Crippen molar-refractivity contribution in [2.45, 2.75) is 11.8 Å². The maximum atomic E-state index is 13.1. The van der Waals surface area contributed by atoms with E-state index >= 15 is 0 Å². The van der Waals surface area contributed by atoms with E-state index in [9.17, 15) is 17.6 Å². The molecule has 0 atom stereocenters. The average molecular weight is 459 g/mol. The van der Waals surface area contributed by atoms with E-state index in [-0.39, 0.29) is 28.6 Å². The van der Waals surface area contributed by atoms with Crippen LogP contribution in [0.4, 0.5) is 15.8 Å². The molecular formula is C22H22FN3O5S. The molecular weight excluding hydrogens is 437 g/mol. The molecule has 0 saturated heterocycles. The van der Waals surface area contributed by atoms with Crippen molar-refractivity contribution in [3.63, 3.8) is 0 Å². The van der Waals surface area contributed by atoms with E-state index in [2.05, 4.69) is 15.0 Å². The number of methoxy groups -OCH3 is 1. The van der Waals surface area contributed by atoms with Crippen LogP contribution >= 0.6 is 0 Å². The van der Waals surface area contributed by atoms with E-state index in [0.29, 0.717) is 17.9 Å². The minimum atomic E-state index is -4.00. The van der Waals surface area contributed by atoms with E-state index in [0.717, 1.165) is 12.1 Å². The van der Waals surface area contributed by atoms with Crippen LogP contribution in [0.5, 0.6) is 5.88 Å². The molecule has 0 bridgehead atoms. The van der Waals surface area contributed by atoms with Gasteiger partial charge in [0, 0.05) is 24.6 Å². The van der Waals surface area contributed by atoms with E-state index < -0.39 is 21.7 Å². The Labute approximate surface area is 185 Å². The van der Waals surface area contributed by atoms with E-state index in [1.54, 1.807) is 26.2 Å². The molecule has 0 radical (unpaired) electrons. The molecule has 1 amide bonds. The molecule has 0 spiro atoms. The van der Waals surface area contributed by atoms with Crippen LogP contribution < -0.4 is 14.8 Å². The van der Waals surface area contributed by atoms with Crippen molar-refractivity contribution in [1.82, 2.24) is 4.98 Å². The fourth-order valence-electron chi connectivity index (χ4n) is 2.76. The number of pyridine rings is 1. The second kappa shape index (κ2) is 10.2. The van der Waals surface area contributed by atoms with Gasteiger partial charge in [0.2, 0.25) is 5.88 Å². The van der Waals surface area contributed by atoms with Crippen molar-refractivity contribution in [1.29, 1.82) is 0 Å². The highest BCUT2D eigenvalue weighted by molar-refractivity contribution is 7.92. The highest BCUT2D eigenvalue weighted by atomic mass is 32.2. The smallest absolute Gasteiger partial charge is 0.261 e. The zero-order chi connectivity index (χ0) is 23.1. The number of ether oxygens (including phenoxy) is 2. The topological polar surface area (TPSA) is 107 Å². The summed E-state index contributed by atoms with van der Waals surface area (Å²) in [6.45, 7) is 2.29. The molecule has 1 aromatic heterocycles. The van der Waals surface area contributed by atoms with Crippen LogP contribution in [0.2, 0.25) is 0 Å². The van der Waals surface area contributed by atoms with Crippen molar-refractivity contribution in [3.05, 3.63) is 77.7 Å². The fraction of sp³-hybridized carbons (Fsp3) is 0.182. The number of halogens is 1. The highest BCUT2D eigenvalue weighted by Crippen LogP contribution is 2.24. The third kappa shape index (κ3) is 5.80. The second-order valence-corrected chi connectivity index (χ2v) is 8.42. The van der Waals surface area contributed by atoms with Crippen LogP contribution in [-0.2, 0) is 14.8 Å². The van der Waals surface area contributed by atoms with Crippen LogP contribution in [-0.4, -0.2) is 39.6 Å². The largest absolute Gasteiger partial charge is 0.474 e. The van der Waals surface area contributed by atoms with Gasteiger partial charge in [-0.3, -0.25) is 9.52 Å². The number of hydrogen-bond donors (Lipinski definition) is 2. The molecule has 2 N–H and O–H groups in total. The molecule has 2 aromatic carbocycles. The van der Waals surface area contributed by atoms with Crippen LogP contribution in [0.25, 0.3) is 0 Å². The van der Waals surface area contributed by atoms with Crippen molar-refractivity contribution in [2.75, 3.05) is 30.4 Å². The SMILES string of the molecule is COCCOc1ncccc1NC(=O)c1cc(S(=O)(=O)Nc2ccc(F)cc2)ccc1C. The Kier molecular flexibility index (Phi) is 7.39. The summed E-state index contributed by atoms with van der Waals surface area (Å²) in [7, 11) is -2.46. The number of benzene rings is 2. The van der Waals surface area contributed by atoms with Crippen molar-refractivity contribution >= 4 is 27.3 Å². The Morgan fingerprint density at radius 1 is 1.09 bits per heavy atom. The molecule has 0 aliphatic rings. The van der Waals surface area contributed by atoms with Gasteiger partial charge >= 0.3 is 0 Å². The van der Waals surface area contributed by atoms with Gasteiger partial charge < -0.3 is 14.8 Å². The number of nitrogens with one attached hydrogen (secondary N) is 2. The van der Waals surface area contributed by atoms with E-state index in [4.69, 9.17) is 9.47 Å². The van der Waals surface area contributed by atoms with Gasteiger partial charge in [-0.2, -0.15) is 0 Å². The first-order valence-electron chi connectivity index (χ1n) is 9.57. The van der Waals surface area contributed by atoms with Crippen molar-refractivity contribution in [2.24, 2.45) is 0 Å². The molecule has 10 heteroatoms. The summed E-state index contributed by atoms with van der Waals surface area (Å²) >= 11 is 0. The third-order valence-electron chi connectivity index (χ3n) is 4.41. The van der Waals surface area contributed by atoms with Gasteiger partial charge in [-0.25, -0.2) is 17.8 Å². The van der Waals surface area contributed by atoms with Gasteiger partial charge in [0.05, 0.1) is 11.5 Å². The van der Waals surface area contributed by atoms with Crippen LogP contribution in [0.1, 0.15) is 15.9 Å². The summed E-state index contributed by atoms with van der Waals surface area (Å²) in [5, 5.41) is 2.71. The molecule has 0 fully saturated rings. The molecule has 0 aliphatic heterocycles. The summed E-state index contributed by atoms with van der Waals surface area (Å²) in [5.41, 5.74) is 1.28. The molecule has 3 rings (SSSR count). The predicted octanol–water partition coefficient (Wildman–Crippen LogP) is 3.61. The molecule has 8 nitrogen and oxygen atoms in total. The van der Waals surface area contributed by atoms with Crippen LogP contribution in [0, 0.1) is 12.7 Å². The number of amides is 1.